The van der Waals surface area contributed by atoms with E-state index in [0.29, 0.717) is 18.9 Å². The Morgan fingerprint density at radius 1 is 1.23 bits per heavy atom. The van der Waals surface area contributed by atoms with E-state index in [0.717, 1.165) is 31.4 Å². The van der Waals surface area contributed by atoms with Crippen LogP contribution in [0.15, 0.2) is 35.1 Å². The summed E-state index contributed by atoms with van der Waals surface area (Å²) in [5, 5.41) is 5.55. The van der Waals surface area contributed by atoms with Crippen molar-refractivity contribution in [2.75, 3.05) is 23.3 Å². The van der Waals surface area contributed by atoms with Crippen LogP contribution in [0.2, 0.25) is 0 Å². The summed E-state index contributed by atoms with van der Waals surface area (Å²) in [6.07, 6.45) is 3.82. The number of rotatable bonds is 5. The SMILES string of the molecule is C[C@@H]1CCCCN1c1nc2c(c(=O)[nH]1)[C@@H](C(=O)NCCc1ccccc1)CC(=O)N2. The number of carbonyl (C=O) groups excluding carboxylic acids is 2. The second-order valence-electron chi connectivity index (χ2n) is 8.02. The van der Waals surface area contributed by atoms with Crippen LogP contribution in [-0.2, 0) is 16.0 Å². The fraction of sp³-hybridized carbons (Fsp3) is 0.455. The highest BCUT2D eigenvalue weighted by molar-refractivity contribution is 6.00. The van der Waals surface area contributed by atoms with Crippen molar-refractivity contribution < 1.29 is 9.59 Å². The number of aromatic amines is 1. The Kier molecular flexibility index (Phi) is 5.83. The van der Waals surface area contributed by atoms with Gasteiger partial charge in [-0.1, -0.05) is 30.3 Å². The molecule has 1 saturated heterocycles. The lowest BCUT2D eigenvalue weighted by atomic mass is 9.92. The molecule has 8 heteroatoms. The average Bonchev–Trinajstić information content (AvgIpc) is 2.73. The van der Waals surface area contributed by atoms with E-state index in [9.17, 15) is 14.4 Å². The topological polar surface area (TPSA) is 107 Å². The molecule has 3 heterocycles. The number of aromatic nitrogens is 2. The van der Waals surface area contributed by atoms with Gasteiger partial charge in [0.1, 0.15) is 5.82 Å². The fourth-order valence-electron chi connectivity index (χ4n) is 4.23. The molecule has 2 aliphatic heterocycles. The van der Waals surface area contributed by atoms with Gasteiger partial charge >= 0.3 is 0 Å². The van der Waals surface area contributed by atoms with E-state index in [-0.39, 0.29) is 41.2 Å². The van der Waals surface area contributed by atoms with Crippen LogP contribution in [0.5, 0.6) is 0 Å². The average molecular weight is 409 g/mol. The zero-order chi connectivity index (χ0) is 21.1. The summed E-state index contributed by atoms with van der Waals surface area (Å²) < 4.78 is 0. The number of amides is 2. The van der Waals surface area contributed by atoms with E-state index < -0.39 is 5.92 Å². The first-order chi connectivity index (χ1) is 14.5. The summed E-state index contributed by atoms with van der Waals surface area (Å²) in [5.41, 5.74) is 0.982. The quantitative estimate of drug-likeness (QED) is 0.700. The standard InChI is InChI=1S/C22H27N5O3/c1-14-7-5-6-12-27(14)22-25-19-18(21(30)26-22)16(13-17(28)24-19)20(29)23-11-10-15-8-3-2-4-9-15/h2-4,8-9,14,16H,5-7,10-13H2,1H3,(H,23,29)(H2,24,25,26,28,30)/t14-,16+/m1/s1. The van der Waals surface area contributed by atoms with Crippen molar-refractivity contribution >= 4 is 23.6 Å². The Balaban J connectivity index is 1.53. The fourth-order valence-corrected chi connectivity index (χ4v) is 4.23. The van der Waals surface area contributed by atoms with Crippen molar-refractivity contribution in [3.05, 3.63) is 51.8 Å². The molecule has 2 amide bonds. The van der Waals surface area contributed by atoms with Crippen molar-refractivity contribution in [2.24, 2.45) is 0 Å². The maximum Gasteiger partial charge on any atom is 0.258 e. The third-order valence-electron chi connectivity index (χ3n) is 5.89. The lowest BCUT2D eigenvalue weighted by Gasteiger charge is -2.34. The Hall–Kier alpha value is -3.16. The minimum Gasteiger partial charge on any atom is -0.355 e. The number of nitrogens with zero attached hydrogens (tertiary/aromatic N) is 2. The Bertz CT molecular complexity index is 988. The molecule has 4 rings (SSSR count). The zero-order valence-corrected chi connectivity index (χ0v) is 17.1. The highest BCUT2D eigenvalue weighted by atomic mass is 16.2. The van der Waals surface area contributed by atoms with Crippen molar-refractivity contribution in [3.63, 3.8) is 0 Å². The summed E-state index contributed by atoms with van der Waals surface area (Å²) in [6, 6.07) is 10.1. The highest BCUT2D eigenvalue weighted by Crippen LogP contribution is 2.30. The first-order valence-corrected chi connectivity index (χ1v) is 10.6. The van der Waals surface area contributed by atoms with Crippen LogP contribution >= 0.6 is 0 Å². The van der Waals surface area contributed by atoms with Gasteiger partial charge in [0.05, 0.1) is 11.5 Å². The summed E-state index contributed by atoms with van der Waals surface area (Å²) in [6.45, 7) is 3.34. The van der Waals surface area contributed by atoms with Gasteiger partial charge in [0.15, 0.2) is 0 Å². The van der Waals surface area contributed by atoms with Gasteiger partial charge in [-0.15, -0.1) is 0 Å². The smallest absolute Gasteiger partial charge is 0.258 e. The zero-order valence-electron chi connectivity index (χ0n) is 17.1. The number of fused-ring (bicyclic) bond motifs is 1. The first kappa shape index (κ1) is 20.1. The van der Waals surface area contributed by atoms with Crippen LogP contribution in [0.3, 0.4) is 0 Å². The maximum atomic E-state index is 12.9. The van der Waals surface area contributed by atoms with E-state index in [1.165, 1.54) is 0 Å². The Labute approximate surface area is 175 Å². The van der Waals surface area contributed by atoms with Gasteiger partial charge in [0.2, 0.25) is 17.8 Å². The van der Waals surface area contributed by atoms with Gasteiger partial charge in [-0.05, 0) is 38.2 Å². The van der Waals surface area contributed by atoms with Gasteiger partial charge in [-0.25, -0.2) is 0 Å². The number of nitrogens with one attached hydrogen (secondary N) is 3. The molecule has 8 nitrogen and oxygen atoms in total. The van der Waals surface area contributed by atoms with E-state index in [1.54, 1.807) is 0 Å². The van der Waals surface area contributed by atoms with Crippen LogP contribution in [0.4, 0.5) is 11.8 Å². The molecule has 2 aliphatic rings. The third-order valence-corrected chi connectivity index (χ3v) is 5.89. The Morgan fingerprint density at radius 3 is 2.80 bits per heavy atom. The van der Waals surface area contributed by atoms with Crippen molar-refractivity contribution in [2.45, 2.75) is 51.0 Å². The van der Waals surface area contributed by atoms with Crippen molar-refractivity contribution in [3.8, 4) is 0 Å². The van der Waals surface area contributed by atoms with Crippen LogP contribution in [0.25, 0.3) is 0 Å². The summed E-state index contributed by atoms with van der Waals surface area (Å²) in [4.78, 5) is 47.4. The molecule has 0 spiro atoms. The van der Waals surface area contributed by atoms with E-state index in [4.69, 9.17) is 0 Å². The van der Waals surface area contributed by atoms with Crippen LogP contribution < -0.4 is 21.1 Å². The van der Waals surface area contributed by atoms with Crippen molar-refractivity contribution in [1.82, 2.24) is 15.3 Å². The molecule has 0 aliphatic carbocycles. The molecule has 1 aromatic carbocycles. The first-order valence-electron chi connectivity index (χ1n) is 10.6. The van der Waals surface area contributed by atoms with E-state index >= 15 is 0 Å². The molecule has 1 aromatic heterocycles. The monoisotopic (exact) mass is 409 g/mol. The largest absolute Gasteiger partial charge is 0.355 e. The minimum absolute atomic E-state index is 0.0611. The van der Waals surface area contributed by atoms with Crippen LogP contribution in [0, 0.1) is 0 Å². The Morgan fingerprint density at radius 2 is 2.03 bits per heavy atom. The highest BCUT2D eigenvalue weighted by Gasteiger charge is 2.35. The molecule has 3 N–H and O–H groups in total. The molecule has 2 atom stereocenters. The van der Waals surface area contributed by atoms with Gasteiger partial charge in [0, 0.05) is 25.6 Å². The molecule has 0 saturated carbocycles. The molecule has 0 unspecified atom stereocenters. The van der Waals surface area contributed by atoms with E-state index in [2.05, 4.69) is 32.4 Å². The van der Waals surface area contributed by atoms with Gasteiger partial charge < -0.3 is 15.5 Å². The molecule has 158 valence electrons. The summed E-state index contributed by atoms with van der Waals surface area (Å²) >= 11 is 0. The second-order valence-corrected chi connectivity index (χ2v) is 8.02. The predicted octanol–water partition coefficient (Wildman–Crippen LogP) is 1.93. The molecule has 30 heavy (non-hydrogen) atoms. The van der Waals surface area contributed by atoms with Gasteiger partial charge in [-0.3, -0.25) is 19.4 Å². The normalized spacial score (nSPS) is 21.0. The molecule has 0 radical (unpaired) electrons. The number of anilines is 2. The second kappa shape index (κ2) is 8.69. The summed E-state index contributed by atoms with van der Waals surface area (Å²) in [7, 11) is 0. The molecular formula is C22H27N5O3. The number of hydrogen-bond acceptors (Lipinski definition) is 5. The molecule has 0 bridgehead atoms. The molecule has 1 fully saturated rings. The van der Waals surface area contributed by atoms with Crippen LogP contribution in [-0.4, -0.2) is 40.9 Å². The summed E-state index contributed by atoms with van der Waals surface area (Å²) in [5.74, 6) is -0.814. The number of benzene rings is 1. The maximum absolute atomic E-state index is 12.9. The number of carbonyl (C=O) groups is 2. The van der Waals surface area contributed by atoms with Crippen LogP contribution in [0.1, 0.15) is 49.7 Å². The number of H-pyrrole nitrogens is 1. The molecule has 2 aromatic rings. The van der Waals surface area contributed by atoms with Gasteiger partial charge in [-0.2, -0.15) is 4.98 Å². The minimum atomic E-state index is -0.839. The lowest BCUT2D eigenvalue weighted by molar-refractivity contribution is -0.126. The van der Waals surface area contributed by atoms with Crippen molar-refractivity contribution in [1.29, 1.82) is 0 Å². The third kappa shape index (κ3) is 4.22. The number of piperidine rings is 1. The predicted molar refractivity (Wildman–Crippen MR) is 115 cm³/mol. The van der Waals surface area contributed by atoms with Gasteiger partial charge in [0.25, 0.3) is 5.56 Å². The number of hydrogen-bond donors (Lipinski definition) is 3. The molecular weight excluding hydrogens is 382 g/mol. The van der Waals surface area contributed by atoms with E-state index in [1.807, 2.05) is 30.3 Å². The lowest BCUT2D eigenvalue weighted by Crippen LogP contribution is -2.42.